The van der Waals surface area contributed by atoms with Gasteiger partial charge in [0.05, 0.1) is 5.69 Å². The summed E-state index contributed by atoms with van der Waals surface area (Å²) in [7, 11) is 0. The third kappa shape index (κ3) is 2.26. The van der Waals surface area contributed by atoms with E-state index in [-0.39, 0.29) is 0 Å². The Hall–Kier alpha value is -1.03. The van der Waals surface area contributed by atoms with Gasteiger partial charge in [0, 0.05) is 25.3 Å². The zero-order valence-electron chi connectivity index (χ0n) is 8.45. The number of anilines is 1. The molecule has 1 aromatic heterocycles. The van der Waals surface area contributed by atoms with Crippen molar-refractivity contribution in [3.05, 3.63) is 11.8 Å². The molecule has 0 spiro atoms. The molecule has 1 saturated heterocycles. The van der Waals surface area contributed by atoms with E-state index in [2.05, 4.69) is 17.4 Å². The van der Waals surface area contributed by atoms with Gasteiger partial charge >= 0.3 is 0 Å². The topological polar surface area (TPSA) is 47.3 Å². The highest BCUT2D eigenvalue weighted by molar-refractivity contribution is 5.32. The van der Waals surface area contributed by atoms with E-state index >= 15 is 0 Å². The number of hydrogen-bond acceptors (Lipinski definition) is 4. The highest BCUT2D eigenvalue weighted by Crippen LogP contribution is 2.16. The first-order chi connectivity index (χ1) is 6.88. The Kier molecular flexibility index (Phi) is 3.03. The normalized spacial score (nSPS) is 18.4. The number of ether oxygens (including phenoxy) is 1. The Morgan fingerprint density at radius 1 is 1.50 bits per heavy atom. The van der Waals surface area contributed by atoms with Gasteiger partial charge in [0.2, 0.25) is 5.88 Å². The lowest BCUT2D eigenvalue weighted by molar-refractivity contribution is 0.0899. The monoisotopic (exact) mass is 196 g/mol. The van der Waals surface area contributed by atoms with E-state index in [9.17, 15) is 0 Å². The van der Waals surface area contributed by atoms with Crippen LogP contribution < -0.4 is 5.32 Å². The number of nitrogens with one attached hydrogen (secondary N) is 1. The van der Waals surface area contributed by atoms with Crippen molar-refractivity contribution in [2.24, 2.45) is 0 Å². The SMILES string of the molecule is CCc1cc(NC2CCOCC2)on1. The maximum atomic E-state index is 5.28. The molecule has 78 valence electrons. The first-order valence-corrected chi connectivity index (χ1v) is 5.18. The van der Waals surface area contributed by atoms with Crippen LogP contribution in [-0.4, -0.2) is 24.4 Å². The van der Waals surface area contributed by atoms with E-state index in [1.807, 2.05) is 6.07 Å². The van der Waals surface area contributed by atoms with Gasteiger partial charge in [-0.05, 0) is 19.3 Å². The maximum absolute atomic E-state index is 5.28. The average Bonchev–Trinajstić information content (AvgIpc) is 2.67. The smallest absolute Gasteiger partial charge is 0.225 e. The summed E-state index contributed by atoms with van der Waals surface area (Å²) in [6.45, 7) is 3.74. The van der Waals surface area contributed by atoms with Crippen molar-refractivity contribution in [3.8, 4) is 0 Å². The molecule has 0 aliphatic carbocycles. The van der Waals surface area contributed by atoms with Crippen LogP contribution >= 0.6 is 0 Å². The van der Waals surface area contributed by atoms with Gasteiger partial charge in [0.15, 0.2) is 0 Å². The molecule has 14 heavy (non-hydrogen) atoms. The van der Waals surface area contributed by atoms with Crippen molar-refractivity contribution in [1.29, 1.82) is 0 Å². The Morgan fingerprint density at radius 2 is 2.29 bits per heavy atom. The third-order valence-electron chi connectivity index (χ3n) is 2.49. The molecule has 1 aliphatic rings. The van der Waals surface area contributed by atoms with Crippen molar-refractivity contribution in [3.63, 3.8) is 0 Å². The van der Waals surface area contributed by atoms with Crippen LogP contribution in [0.15, 0.2) is 10.6 Å². The minimum atomic E-state index is 0.474. The number of rotatable bonds is 3. The zero-order chi connectivity index (χ0) is 9.80. The number of aryl methyl sites for hydroxylation is 1. The fourth-order valence-corrected chi connectivity index (χ4v) is 1.59. The molecule has 1 aliphatic heterocycles. The van der Waals surface area contributed by atoms with Crippen LogP contribution in [0.2, 0.25) is 0 Å². The second kappa shape index (κ2) is 4.46. The van der Waals surface area contributed by atoms with Gasteiger partial charge in [-0.2, -0.15) is 0 Å². The lowest BCUT2D eigenvalue weighted by Gasteiger charge is -2.22. The molecule has 1 fully saturated rings. The molecule has 4 heteroatoms. The largest absolute Gasteiger partial charge is 0.381 e. The van der Waals surface area contributed by atoms with Crippen LogP contribution in [0.3, 0.4) is 0 Å². The van der Waals surface area contributed by atoms with Gasteiger partial charge in [-0.15, -0.1) is 0 Å². The molecular weight excluding hydrogens is 180 g/mol. The van der Waals surface area contributed by atoms with Gasteiger partial charge in [0.1, 0.15) is 0 Å². The third-order valence-corrected chi connectivity index (χ3v) is 2.49. The molecule has 2 heterocycles. The summed E-state index contributed by atoms with van der Waals surface area (Å²) in [4.78, 5) is 0. The Bertz CT molecular complexity index is 279. The fourth-order valence-electron chi connectivity index (χ4n) is 1.59. The summed E-state index contributed by atoms with van der Waals surface area (Å²) in [5.41, 5.74) is 1.000. The minimum absolute atomic E-state index is 0.474. The summed E-state index contributed by atoms with van der Waals surface area (Å²) >= 11 is 0. The van der Waals surface area contributed by atoms with Crippen molar-refractivity contribution in [1.82, 2.24) is 5.16 Å². The molecule has 2 rings (SSSR count). The van der Waals surface area contributed by atoms with Crippen molar-refractivity contribution in [2.45, 2.75) is 32.2 Å². The van der Waals surface area contributed by atoms with Crippen LogP contribution in [0.1, 0.15) is 25.5 Å². The molecule has 4 nitrogen and oxygen atoms in total. The minimum Gasteiger partial charge on any atom is -0.381 e. The number of nitrogens with zero attached hydrogens (tertiary/aromatic N) is 1. The zero-order valence-corrected chi connectivity index (χ0v) is 8.45. The first-order valence-electron chi connectivity index (χ1n) is 5.18. The van der Waals surface area contributed by atoms with Crippen molar-refractivity contribution < 1.29 is 9.26 Å². The van der Waals surface area contributed by atoms with Gasteiger partial charge in [-0.3, -0.25) is 0 Å². The summed E-state index contributed by atoms with van der Waals surface area (Å²) in [6.07, 6.45) is 3.00. The van der Waals surface area contributed by atoms with Gasteiger partial charge in [0.25, 0.3) is 0 Å². The van der Waals surface area contributed by atoms with Gasteiger partial charge < -0.3 is 14.6 Å². The molecule has 0 amide bonds. The second-order valence-electron chi connectivity index (χ2n) is 3.57. The van der Waals surface area contributed by atoms with Crippen LogP contribution in [0.5, 0.6) is 0 Å². The molecule has 1 aromatic rings. The van der Waals surface area contributed by atoms with E-state index in [0.717, 1.165) is 44.1 Å². The summed E-state index contributed by atoms with van der Waals surface area (Å²) in [5.74, 6) is 0.786. The standard InChI is InChI=1S/C10H16N2O2/c1-2-8-7-10(14-12-8)11-9-3-5-13-6-4-9/h7,9,11H,2-6H2,1H3. The van der Waals surface area contributed by atoms with Crippen LogP contribution in [0.4, 0.5) is 5.88 Å². The maximum Gasteiger partial charge on any atom is 0.225 e. The Morgan fingerprint density at radius 3 is 2.93 bits per heavy atom. The predicted octanol–water partition coefficient (Wildman–Crippen LogP) is 1.83. The van der Waals surface area contributed by atoms with Crippen LogP contribution in [-0.2, 0) is 11.2 Å². The Labute approximate surface area is 83.6 Å². The second-order valence-corrected chi connectivity index (χ2v) is 3.57. The first kappa shape index (κ1) is 9.52. The van der Waals surface area contributed by atoms with Crippen molar-refractivity contribution in [2.75, 3.05) is 18.5 Å². The highest BCUT2D eigenvalue weighted by Gasteiger charge is 2.14. The Balaban J connectivity index is 1.89. The van der Waals surface area contributed by atoms with E-state index in [1.54, 1.807) is 0 Å². The summed E-state index contributed by atoms with van der Waals surface area (Å²) in [6, 6.07) is 2.44. The van der Waals surface area contributed by atoms with E-state index in [0.29, 0.717) is 6.04 Å². The predicted molar refractivity (Wildman–Crippen MR) is 53.3 cm³/mol. The number of hydrogen-bond donors (Lipinski definition) is 1. The fraction of sp³-hybridized carbons (Fsp3) is 0.700. The molecule has 0 radical (unpaired) electrons. The summed E-state index contributed by atoms with van der Waals surface area (Å²) < 4.78 is 10.4. The highest BCUT2D eigenvalue weighted by atomic mass is 16.5. The van der Waals surface area contributed by atoms with E-state index in [1.165, 1.54) is 0 Å². The average molecular weight is 196 g/mol. The number of aromatic nitrogens is 1. The van der Waals surface area contributed by atoms with Gasteiger partial charge in [-0.25, -0.2) is 0 Å². The van der Waals surface area contributed by atoms with Gasteiger partial charge in [-0.1, -0.05) is 12.1 Å². The molecule has 0 atom stereocenters. The quantitative estimate of drug-likeness (QED) is 0.801. The molecule has 1 N–H and O–H groups in total. The lowest BCUT2D eigenvalue weighted by atomic mass is 10.1. The molecule has 0 saturated carbocycles. The van der Waals surface area contributed by atoms with E-state index in [4.69, 9.17) is 9.26 Å². The summed E-state index contributed by atoms with van der Waals surface area (Å²) in [5, 5.41) is 7.26. The molecular formula is C10H16N2O2. The molecule has 0 unspecified atom stereocenters. The van der Waals surface area contributed by atoms with Crippen LogP contribution in [0.25, 0.3) is 0 Å². The lowest BCUT2D eigenvalue weighted by Crippen LogP contribution is -2.27. The van der Waals surface area contributed by atoms with Crippen LogP contribution in [0, 0.1) is 0 Å². The molecule has 0 bridgehead atoms. The molecule has 0 aromatic carbocycles. The van der Waals surface area contributed by atoms with E-state index < -0.39 is 0 Å². The van der Waals surface area contributed by atoms with Crippen molar-refractivity contribution >= 4 is 5.88 Å².